The number of aromatic carboxylic acids is 1. The van der Waals surface area contributed by atoms with Crippen LogP contribution in [0.2, 0.25) is 0 Å². The number of rotatable bonds is 5. The number of ether oxygens (including phenoxy) is 1. The summed E-state index contributed by atoms with van der Waals surface area (Å²) in [6, 6.07) is 23.8. The summed E-state index contributed by atoms with van der Waals surface area (Å²) < 4.78 is 5.79. The average molecular weight is 442 g/mol. The minimum Gasteiger partial charge on any atom is -0.478 e. The Morgan fingerprint density at radius 1 is 0.848 bits per heavy atom. The first-order valence-corrected chi connectivity index (χ1v) is 11.5. The number of carboxylic acid groups (broad SMARTS) is 1. The molecule has 3 aromatic carbocycles. The molecular formula is C28H27NO4. The van der Waals surface area contributed by atoms with E-state index >= 15 is 0 Å². The van der Waals surface area contributed by atoms with Gasteiger partial charge in [0.15, 0.2) is 0 Å². The highest BCUT2D eigenvalue weighted by Gasteiger charge is 2.30. The Morgan fingerprint density at radius 3 is 2.06 bits per heavy atom. The molecule has 1 amide bonds. The molecule has 0 bridgehead atoms. The van der Waals surface area contributed by atoms with Gasteiger partial charge < -0.3 is 14.7 Å². The fraction of sp³-hybridized carbons (Fsp3) is 0.286. The van der Waals surface area contributed by atoms with E-state index in [9.17, 15) is 14.7 Å². The van der Waals surface area contributed by atoms with Gasteiger partial charge in [-0.1, -0.05) is 66.7 Å². The van der Waals surface area contributed by atoms with E-state index in [0.29, 0.717) is 31.2 Å². The van der Waals surface area contributed by atoms with Crippen molar-refractivity contribution < 1.29 is 19.4 Å². The zero-order valence-corrected chi connectivity index (χ0v) is 18.4. The van der Waals surface area contributed by atoms with Crippen molar-refractivity contribution in [1.29, 1.82) is 0 Å². The molecule has 5 nitrogen and oxygen atoms in total. The van der Waals surface area contributed by atoms with Crippen molar-refractivity contribution in [3.63, 3.8) is 0 Å². The largest absolute Gasteiger partial charge is 0.478 e. The van der Waals surface area contributed by atoms with Crippen LogP contribution in [0.15, 0.2) is 72.8 Å². The summed E-state index contributed by atoms with van der Waals surface area (Å²) >= 11 is 0. The second-order valence-corrected chi connectivity index (χ2v) is 8.90. The smallest absolute Gasteiger partial charge is 0.409 e. The molecule has 1 saturated heterocycles. The van der Waals surface area contributed by atoms with E-state index < -0.39 is 5.97 Å². The molecule has 0 atom stereocenters. The van der Waals surface area contributed by atoms with Gasteiger partial charge >= 0.3 is 12.1 Å². The van der Waals surface area contributed by atoms with Crippen molar-refractivity contribution in [2.75, 3.05) is 19.7 Å². The summed E-state index contributed by atoms with van der Waals surface area (Å²) in [6.45, 7) is 1.60. The van der Waals surface area contributed by atoms with Crippen molar-refractivity contribution >= 4 is 12.1 Å². The molecule has 2 aliphatic rings. The number of amides is 1. The minimum absolute atomic E-state index is 0.0615. The molecule has 0 aromatic heterocycles. The second-order valence-electron chi connectivity index (χ2n) is 8.90. The van der Waals surface area contributed by atoms with Crippen LogP contribution < -0.4 is 0 Å². The molecule has 33 heavy (non-hydrogen) atoms. The molecule has 1 heterocycles. The third-order valence-electron chi connectivity index (χ3n) is 6.97. The van der Waals surface area contributed by atoms with Crippen LogP contribution in [0, 0.1) is 5.92 Å². The highest BCUT2D eigenvalue weighted by molar-refractivity contribution is 5.89. The molecule has 3 aromatic rings. The Balaban J connectivity index is 1.18. The van der Waals surface area contributed by atoms with Gasteiger partial charge in [0.25, 0.3) is 0 Å². The Kier molecular flexibility index (Phi) is 5.86. The maximum Gasteiger partial charge on any atom is 0.409 e. The lowest BCUT2D eigenvalue weighted by atomic mass is 9.88. The first kappa shape index (κ1) is 21.3. The summed E-state index contributed by atoms with van der Waals surface area (Å²) in [7, 11) is 0. The molecular weight excluding hydrogens is 414 g/mol. The predicted molar refractivity (Wildman–Crippen MR) is 126 cm³/mol. The number of carbonyl (C=O) groups is 2. The fourth-order valence-corrected chi connectivity index (χ4v) is 5.22. The van der Waals surface area contributed by atoms with Crippen molar-refractivity contribution in [2.24, 2.45) is 5.92 Å². The predicted octanol–water partition coefficient (Wildman–Crippen LogP) is 5.59. The molecule has 1 aliphatic carbocycles. The lowest BCUT2D eigenvalue weighted by molar-refractivity contribution is 0.0695. The monoisotopic (exact) mass is 441 g/mol. The molecule has 0 saturated carbocycles. The van der Waals surface area contributed by atoms with Gasteiger partial charge in [-0.25, -0.2) is 9.59 Å². The summed E-state index contributed by atoms with van der Waals surface area (Å²) in [4.78, 5) is 26.1. The van der Waals surface area contributed by atoms with Crippen LogP contribution in [0.4, 0.5) is 4.79 Å². The van der Waals surface area contributed by atoms with Gasteiger partial charge in [0.1, 0.15) is 6.61 Å². The zero-order valence-electron chi connectivity index (χ0n) is 18.4. The van der Waals surface area contributed by atoms with Crippen molar-refractivity contribution in [3.8, 4) is 11.1 Å². The van der Waals surface area contributed by atoms with E-state index in [0.717, 1.165) is 24.8 Å². The number of fused-ring (bicyclic) bond motifs is 3. The lowest BCUT2D eigenvalue weighted by Gasteiger charge is -2.32. The molecule has 5 rings (SSSR count). The molecule has 0 radical (unpaired) electrons. The number of carbonyl (C=O) groups excluding carboxylic acids is 1. The summed E-state index contributed by atoms with van der Waals surface area (Å²) in [5.41, 5.74) is 6.10. The number of benzene rings is 3. The normalized spacial score (nSPS) is 15.7. The Labute approximate surface area is 193 Å². The number of likely N-dealkylation sites (tertiary alicyclic amines) is 1. The standard InChI is InChI=1S/C28H27NO4/c30-27(31)21-8-2-1-7-20(21)17-19-13-15-29(16-14-19)28(32)33-18-26-24-11-5-3-9-22(24)23-10-4-6-12-25(23)26/h1-12,19,26H,13-18H2,(H,30,31). The fourth-order valence-electron chi connectivity index (χ4n) is 5.22. The second kappa shape index (κ2) is 9.10. The van der Waals surface area contributed by atoms with Gasteiger partial charge in [-0.15, -0.1) is 0 Å². The van der Waals surface area contributed by atoms with Crippen LogP contribution in [0.5, 0.6) is 0 Å². The quantitative estimate of drug-likeness (QED) is 0.561. The van der Waals surface area contributed by atoms with Crippen molar-refractivity contribution in [2.45, 2.75) is 25.2 Å². The average Bonchev–Trinajstić information content (AvgIpc) is 3.17. The molecule has 0 unspecified atom stereocenters. The van der Waals surface area contributed by atoms with E-state index in [-0.39, 0.29) is 12.0 Å². The summed E-state index contributed by atoms with van der Waals surface area (Å²) in [5, 5.41) is 9.41. The molecule has 1 fully saturated rings. The number of nitrogens with zero attached hydrogens (tertiary/aromatic N) is 1. The van der Waals surface area contributed by atoms with Crippen molar-refractivity contribution in [3.05, 3.63) is 95.1 Å². The summed E-state index contributed by atoms with van der Waals surface area (Å²) in [5.74, 6) is -0.462. The third-order valence-corrected chi connectivity index (χ3v) is 6.97. The van der Waals surface area contributed by atoms with E-state index in [4.69, 9.17) is 4.74 Å². The van der Waals surface area contributed by atoms with E-state index in [1.54, 1.807) is 17.0 Å². The Hall–Kier alpha value is -3.60. The third kappa shape index (κ3) is 4.23. The maximum atomic E-state index is 12.8. The Bertz CT molecular complexity index is 1130. The van der Waals surface area contributed by atoms with Crippen LogP contribution in [0.3, 0.4) is 0 Å². The molecule has 5 heteroatoms. The van der Waals surface area contributed by atoms with Crippen LogP contribution >= 0.6 is 0 Å². The Morgan fingerprint density at radius 2 is 1.42 bits per heavy atom. The van der Waals surface area contributed by atoms with E-state index in [1.165, 1.54) is 22.3 Å². The topological polar surface area (TPSA) is 66.8 Å². The minimum atomic E-state index is -0.887. The maximum absolute atomic E-state index is 12.8. The van der Waals surface area contributed by atoms with E-state index in [1.807, 2.05) is 36.4 Å². The van der Waals surface area contributed by atoms with Crippen LogP contribution in [0.25, 0.3) is 11.1 Å². The zero-order chi connectivity index (χ0) is 22.8. The van der Waals surface area contributed by atoms with Crippen LogP contribution in [0.1, 0.15) is 45.8 Å². The van der Waals surface area contributed by atoms with Crippen molar-refractivity contribution in [1.82, 2.24) is 4.90 Å². The molecule has 168 valence electrons. The van der Waals surface area contributed by atoms with Crippen LogP contribution in [-0.4, -0.2) is 41.8 Å². The van der Waals surface area contributed by atoms with Gasteiger partial charge in [0.2, 0.25) is 0 Å². The number of hydrogen-bond donors (Lipinski definition) is 1. The molecule has 0 spiro atoms. The van der Waals surface area contributed by atoms with Gasteiger partial charge in [0.05, 0.1) is 5.56 Å². The first-order valence-electron chi connectivity index (χ1n) is 11.5. The summed E-state index contributed by atoms with van der Waals surface area (Å²) in [6.07, 6.45) is 2.15. The SMILES string of the molecule is O=C(O)c1ccccc1CC1CCN(C(=O)OCC2c3ccccc3-c3ccccc32)CC1. The highest BCUT2D eigenvalue weighted by atomic mass is 16.6. The molecule has 1 N–H and O–H groups in total. The van der Waals surface area contributed by atoms with Gasteiger partial charge in [-0.3, -0.25) is 0 Å². The number of hydrogen-bond acceptors (Lipinski definition) is 3. The number of piperidine rings is 1. The highest BCUT2D eigenvalue weighted by Crippen LogP contribution is 2.44. The molecule has 1 aliphatic heterocycles. The van der Waals surface area contributed by atoms with Gasteiger partial charge in [-0.2, -0.15) is 0 Å². The van der Waals surface area contributed by atoms with Gasteiger partial charge in [0, 0.05) is 19.0 Å². The number of carboxylic acids is 1. The first-order chi connectivity index (χ1) is 16.1. The van der Waals surface area contributed by atoms with E-state index in [2.05, 4.69) is 24.3 Å². The lowest BCUT2D eigenvalue weighted by Crippen LogP contribution is -2.39. The van der Waals surface area contributed by atoms with Crippen LogP contribution in [-0.2, 0) is 11.2 Å². The van der Waals surface area contributed by atoms with Gasteiger partial charge in [-0.05, 0) is 59.1 Å².